The Labute approximate surface area is 117 Å². The van der Waals surface area contributed by atoms with Crippen molar-refractivity contribution >= 4 is 23.0 Å². The molecular formula is C14H20N2O2S. The first kappa shape index (κ1) is 14.2. The normalized spacial score (nSPS) is 20.6. The zero-order chi connectivity index (χ0) is 14.0. The number of ketones is 1. The van der Waals surface area contributed by atoms with Crippen LogP contribution in [0.2, 0.25) is 0 Å². The summed E-state index contributed by atoms with van der Waals surface area (Å²) in [7, 11) is 0. The van der Waals surface area contributed by atoms with Crippen LogP contribution in [0.25, 0.3) is 0 Å². The van der Waals surface area contributed by atoms with E-state index >= 15 is 0 Å². The summed E-state index contributed by atoms with van der Waals surface area (Å²) in [6.07, 6.45) is 0. The first-order valence-corrected chi connectivity index (χ1v) is 7.47. The molecule has 1 N–H and O–H groups in total. The molecular weight excluding hydrogens is 260 g/mol. The highest BCUT2D eigenvalue weighted by molar-refractivity contribution is 7.12. The molecule has 1 fully saturated rings. The number of thiophene rings is 1. The fraction of sp³-hybridized carbons (Fsp3) is 0.571. The molecule has 0 aromatic carbocycles. The maximum Gasteiger partial charge on any atom is 0.237 e. The van der Waals surface area contributed by atoms with Crippen molar-refractivity contribution in [2.24, 2.45) is 5.92 Å². The molecule has 1 aliphatic heterocycles. The molecule has 0 saturated carbocycles. The molecule has 19 heavy (non-hydrogen) atoms. The smallest absolute Gasteiger partial charge is 0.237 e. The van der Waals surface area contributed by atoms with Crippen LogP contribution in [0.1, 0.15) is 36.0 Å². The second kappa shape index (κ2) is 5.84. The molecule has 0 spiro atoms. The Morgan fingerprint density at radius 1 is 1.58 bits per heavy atom. The number of hydrogen-bond acceptors (Lipinski definition) is 4. The van der Waals surface area contributed by atoms with Gasteiger partial charge in [0, 0.05) is 19.6 Å². The third kappa shape index (κ3) is 3.22. The van der Waals surface area contributed by atoms with E-state index in [1.54, 1.807) is 6.92 Å². The van der Waals surface area contributed by atoms with Gasteiger partial charge in [-0.15, -0.1) is 11.3 Å². The molecule has 1 unspecified atom stereocenters. The average Bonchev–Trinajstić information content (AvgIpc) is 2.77. The molecule has 1 amide bonds. The van der Waals surface area contributed by atoms with Gasteiger partial charge in [0.25, 0.3) is 0 Å². The molecule has 0 radical (unpaired) electrons. The first-order valence-electron chi connectivity index (χ1n) is 6.59. The summed E-state index contributed by atoms with van der Waals surface area (Å²) in [4.78, 5) is 26.2. The SMILES string of the molecule is CC(=O)c1cc(CN2CCNC(=O)C2C(C)C)cs1. The Morgan fingerprint density at radius 3 is 2.89 bits per heavy atom. The van der Waals surface area contributed by atoms with E-state index in [-0.39, 0.29) is 23.7 Å². The molecule has 0 bridgehead atoms. The number of hydrogen-bond donors (Lipinski definition) is 1. The van der Waals surface area contributed by atoms with Crippen LogP contribution in [0.5, 0.6) is 0 Å². The summed E-state index contributed by atoms with van der Waals surface area (Å²) in [5.74, 6) is 0.502. The van der Waals surface area contributed by atoms with Crippen molar-refractivity contribution in [2.45, 2.75) is 33.4 Å². The van der Waals surface area contributed by atoms with Gasteiger partial charge in [-0.3, -0.25) is 14.5 Å². The van der Waals surface area contributed by atoms with Crippen molar-refractivity contribution in [1.29, 1.82) is 0 Å². The monoisotopic (exact) mass is 280 g/mol. The molecule has 1 aromatic rings. The molecule has 1 saturated heterocycles. The highest BCUT2D eigenvalue weighted by atomic mass is 32.1. The van der Waals surface area contributed by atoms with Crippen molar-refractivity contribution in [3.05, 3.63) is 21.9 Å². The fourth-order valence-electron chi connectivity index (χ4n) is 2.51. The number of piperazine rings is 1. The van der Waals surface area contributed by atoms with Gasteiger partial charge in [0.1, 0.15) is 0 Å². The predicted molar refractivity (Wildman–Crippen MR) is 76.4 cm³/mol. The van der Waals surface area contributed by atoms with Gasteiger partial charge in [0.05, 0.1) is 10.9 Å². The lowest BCUT2D eigenvalue weighted by molar-refractivity contribution is -0.131. The van der Waals surface area contributed by atoms with E-state index in [0.29, 0.717) is 6.54 Å². The lowest BCUT2D eigenvalue weighted by Crippen LogP contribution is -2.56. The van der Waals surface area contributed by atoms with E-state index in [1.807, 2.05) is 11.4 Å². The molecule has 4 nitrogen and oxygen atoms in total. The second-order valence-corrected chi connectivity index (χ2v) is 6.24. The van der Waals surface area contributed by atoms with Crippen molar-refractivity contribution in [1.82, 2.24) is 10.2 Å². The van der Waals surface area contributed by atoms with Gasteiger partial charge in [-0.25, -0.2) is 0 Å². The van der Waals surface area contributed by atoms with Crippen LogP contribution in [0.15, 0.2) is 11.4 Å². The molecule has 1 aromatic heterocycles. The van der Waals surface area contributed by atoms with Crippen molar-refractivity contribution in [3.8, 4) is 0 Å². The highest BCUT2D eigenvalue weighted by Gasteiger charge is 2.32. The van der Waals surface area contributed by atoms with E-state index in [9.17, 15) is 9.59 Å². The third-order valence-corrected chi connectivity index (χ3v) is 4.46. The fourth-order valence-corrected chi connectivity index (χ4v) is 3.32. The molecule has 0 aliphatic carbocycles. The molecule has 1 atom stereocenters. The van der Waals surface area contributed by atoms with Crippen LogP contribution < -0.4 is 5.32 Å². The van der Waals surface area contributed by atoms with Gasteiger partial charge >= 0.3 is 0 Å². The number of rotatable bonds is 4. The van der Waals surface area contributed by atoms with Crippen molar-refractivity contribution in [2.75, 3.05) is 13.1 Å². The van der Waals surface area contributed by atoms with E-state index in [0.717, 1.165) is 23.5 Å². The summed E-state index contributed by atoms with van der Waals surface area (Å²) in [5.41, 5.74) is 1.12. The molecule has 5 heteroatoms. The van der Waals surface area contributed by atoms with Gasteiger partial charge in [-0.2, -0.15) is 0 Å². The van der Waals surface area contributed by atoms with Crippen molar-refractivity contribution < 1.29 is 9.59 Å². The number of nitrogens with one attached hydrogen (secondary N) is 1. The Bertz CT molecular complexity index is 482. The lowest BCUT2D eigenvalue weighted by atomic mass is 9.99. The first-order chi connectivity index (χ1) is 8.99. The summed E-state index contributed by atoms with van der Waals surface area (Å²) in [6.45, 7) is 8.01. The second-order valence-electron chi connectivity index (χ2n) is 5.33. The van der Waals surface area contributed by atoms with Gasteiger partial charge in [-0.05, 0) is 29.9 Å². The van der Waals surface area contributed by atoms with Crippen LogP contribution in [0.4, 0.5) is 0 Å². The van der Waals surface area contributed by atoms with E-state index < -0.39 is 0 Å². The van der Waals surface area contributed by atoms with E-state index in [1.165, 1.54) is 11.3 Å². The van der Waals surface area contributed by atoms with Crippen LogP contribution >= 0.6 is 11.3 Å². The third-order valence-electron chi connectivity index (χ3n) is 3.38. The van der Waals surface area contributed by atoms with E-state index in [4.69, 9.17) is 0 Å². The largest absolute Gasteiger partial charge is 0.353 e. The Balaban J connectivity index is 2.11. The van der Waals surface area contributed by atoms with Crippen LogP contribution in [-0.4, -0.2) is 35.7 Å². The Hall–Kier alpha value is -1.20. The summed E-state index contributed by atoms with van der Waals surface area (Å²) < 4.78 is 0. The molecule has 1 aliphatic rings. The zero-order valence-electron chi connectivity index (χ0n) is 11.6. The maximum absolute atomic E-state index is 11.9. The quantitative estimate of drug-likeness (QED) is 0.857. The van der Waals surface area contributed by atoms with Gasteiger partial charge in [0.15, 0.2) is 5.78 Å². The van der Waals surface area contributed by atoms with Gasteiger partial charge < -0.3 is 5.32 Å². The minimum absolute atomic E-state index is 0.0746. The maximum atomic E-state index is 11.9. The number of Topliss-reactive ketones (excluding diaryl/α,β-unsaturated/α-hetero) is 1. The van der Waals surface area contributed by atoms with E-state index in [2.05, 4.69) is 24.1 Å². The molecule has 2 rings (SSSR count). The predicted octanol–water partition coefficient (Wildman–Crippen LogP) is 1.91. The molecule has 2 heterocycles. The Kier molecular flexibility index (Phi) is 4.37. The standard InChI is InChI=1S/C14H20N2O2S/c1-9(2)13-14(18)15-4-5-16(13)7-11-6-12(10(3)17)19-8-11/h6,8-9,13H,4-5,7H2,1-3H3,(H,15,18). The lowest BCUT2D eigenvalue weighted by Gasteiger charge is -2.37. The van der Waals surface area contributed by atoms with Crippen LogP contribution in [0, 0.1) is 5.92 Å². The number of nitrogens with zero attached hydrogens (tertiary/aromatic N) is 1. The van der Waals surface area contributed by atoms with Crippen LogP contribution in [-0.2, 0) is 11.3 Å². The average molecular weight is 280 g/mol. The highest BCUT2D eigenvalue weighted by Crippen LogP contribution is 2.21. The summed E-state index contributed by atoms with van der Waals surface area (Å²) in [6, 6.07) is 1.87. The topological polar surface area (TPSA) is 49.4 Å². The minimum Gasteiger partial charge on any atom is -0.353 e. The minimum atomic E-state index is -0.0746. The summed E-state index contributed by atoms with van der Waals surface area (Å²) >= 11 is 1.48. The van der Waals surface area contributed by atoms with Crippen molar-refractivity contribution in [3.63, 3.8) is 0 Å². The van der Waals surface area contributed by atoms with Crippen LogP contribution in [0.3, 0.4) is 0 Å². The van der Waals surface area contributed by atoms with Gasteiger partial charge in [-0.1, -0.05) is 13.8 Å². The Morgan fingerprint density at radius 2 is 2.32 bits per heavy atom. The summed E-state index contributed by atoms with van der Waals surface area (Å²) in [5, 5.41) is 4.94. The number of amides is 1. The van der Waals surface area contributed by atoms with Gasteiger partial charge in [0.2, 0.25) is 5.91 Å². The number of carbonyl (C=O) groups excluding carboxylic acids is 2. The zero-order valence-corrected chi connectivity index (χ0v) is 12.4. The number of carbonyl (C=O) groups is 2. The molecule has 104 valence electrons.